The summed E-state index contributed by atoms with van der Waals surface area (Å²) in [5, 5.41) is 9.01. The molecule has 0 fully saturated rings. The molecule has 1 heterocycles. The molecular formula is C16H18N2O4. The van der Waals surface area contributed by atoms with E-state index < -0.39 is 11.9 Å². The summed E-state index contributed by atoms with van der Waals surface area (Å²) in [6, 6.07) is 9.59. The van der Waals surface area contributed by atoms with Crippen LogP contribution >= 0.6 is 0 Å². The average Bonchev–Trinajstić information content (AvgIpc) is 2.82. The van der Waals surface area contributed by atoms with Crippen molar-refractivity contribution in [1.82, 2.24) is 9.88 Å². The lowest BCUT2D eigenvalue weighted by molar-refractivity contribution is -0.137. The van der Waals surface area contributed by atoms with Gasteiger partial charge >= 0.3 is 5.97 Å². The van der Waals surface area contributed by atoms with Gasteiger partial charge in [-0.2, -0.15) is 0 Å². The van der Waals surface area contributed by atoms with Crippen molar-refractivity contribution in [3.05, 3.63) is 53.2 Å². The van der Waals surface area contributed by atoms with Crippen LogP contribution in [0.2, 0.25) is 0 Å². The molecule has 0 aliphatic rings. The van der Waals surface area contributed by atoms with E-state index in [1.807, 2.05) is 30.3 Å². The van der Waals surface area contributed by atoms with Gasteiger partial charge in [-0.3, -0.25) is 9.59 Å². The van der Waals surface area contributed by atoms with Crippen LogP contribution in [0.25, 0.3) is 0 Å². The second kappa shape index (κ2) is 6.89. The summed E-state index contributed by atoms with van der Waals surface area (Å²) in [5.41, 5.74) is 1.51. The van der Waals surface area contributed by atoms with E-state index in [1.54, 1.807) is 13.8 Å². The fraction of sp³-hybridized carbons (Fsp3) is 0.312. The zero-order valence-electron chi connectivity index (χ0n) is 12.6. The predicted octanol–water partition coefficient (Wildman–Crippen LogP) is 2.06. The smallest absolute Gasteiger partial charge is 0.323 e. The van der Waals surface area contributed by atoms with Crippen LogP contribution in [-0.2, 0) is 11.2 Å². The van der Waals surface area contributed by atoms with Gasteiger partial charge in [0.1, 0.15) is 6.54 Å². The van der Waals surface area contributed by atoms with Crippen LogP contribution < -0.4 is 0 Å². The topological polar surface area (TPSA) is 83.6 Å². The normalized spacial score (nSPS) is 10.5. The Labute approximate surface area is 128 Å². The van der Waals surface area contributed by atoms with E-state index in [0.717, 1.165) is 5.56 Å². The fourth-order valence-corrected chi connectivity index (χ4v) is 2.20. The molecule has 6 heteroatoms. The van der Waals surface area contributed by atoms with Crippen LogP contribution in [0, 0.1) is 13.8 Å². The van der Waals surface area contributed by atoms with Gasteiger partial charge in [0.2, 0.25) is 5.76 Å². The van der Waals surface area contributed by atoms with Crippen molar-refractivity contribution in [3.8, 4) is 0 Å². The molecule has 0 saturated carbocycles. The monoisotopic (exact) mass is 302 g/mol. The lowest BCUT2D eigenvalue weighted by Crippen LogP contribution is -2.37. The predicted molar refractivity (Wildman–Crippen MR) is 79.7 cm³/mol. The summed E-state index contributed by atoms with van der Waals surface area (Å²) < 4.78 is 5.30. The van der Waals surface area contributed by atoms with E-state index in [4.69, 9.17) is 9.52 Å². The van der Waals surface area contributed by atoms with Crippen molar-refractivity contribution in [2.24, 2.45) is 0 Å². The van der Waals surface area contributed by atoms with Crippen LogP contribution in [0.3, 0.4) is 0 Å². The minimum Gasteiger partial charge on any atom is -0.480 e. The Kier molecular flexibility index (Phi) is 4.93. The molecule has 1 N–H and O–H groups in total. The number of hydrogen-bond acceptors (Lipinski definition) is 4. The zero-order chi connectivity index (χ0) is 16.1. The molecular weight excluding hydrogens is 284 g/mol. The number of amides is 1. The Morgan fingerprint density at radius 2 is 1.91 bits per heavy atom. The third kappa shape index (κ3) is 3.94. The second-order valence-corrected chi connectivity index (χ2v) is 5.00. The molecule has 6 nitrogen and oxygen atoms in total. The third-order valence-corrected chi connectivity index (χ3v) is 3.22. The SMILES string of the molecule is Cc1nc(C)c(C(=O)N(CCc2ccccc2)CC(=O)O)o1. The number of hydrogen-bond donors (Lipinski definition) is 1. The van der Waals surface area contributed by atoms with Crippen molar-refractivity contribution in [2.75, 3.05) is 13.1 Å². The highest BCUT2D eigenvalue weighted by Gasteiger charge is 2.24. The second-order valence-electron chi connectivity index (χ2n) is 5.00. The molecule has 0 aliphatic heterocycles. The molecule has 1 aromatic carbocycles. The Hall–Kier alpha value is -2.63. The third-order valence-electron chi connectivity index (χ3n) is 3.22. The van der Waals surface area contributed by atoms with Gasteiger partial charge in [-0.05, 0) is 18.9 Å². The van der Waals surface area contributed by atoms with Crippen molar-refractivity contribution >= 4 is 11.9 Å². The highest BCUT2D eigenvalue weighted by molar-refractivity contribution is 5.94. The molecule has 0 bridgehead atoms. The number of benzene rings is 1. The molecule has 2 rings (SSSR count). The van der Waals surface area contributed by atoms with Crippen molar-refractivity contribution < 1.29 is 19.1 Å². The molecule has 22 heavy (non-hydrogen) atoms. The minimum atomic E-state index is -1.06. The van der Waals surface area contributed by atoms with E-state index in [2.05, 4.69) is 4.98 Å². The van der Waals surface area contributed by atoms with Crippen molar-refractivity contribution in [3.63, 3.8) is 0 Å². The molecule has 0 radical (unpaired) electrons. The maximum Gasteiger partial charge on any atom is 0.323 e. The first-order valence-corrected chi connectivity index (χ1v) is 6.96. The number of carboxylic acids is 1. The first-order valence-electron chi connectivity index (χ1n) is 6.96. The number of rotatable bonds is 6. The maximum atomic E-state index is 12.5. The van der Waals surface area contributed by atoms with E-state index in [9.17, 15) is 9.59 Å². The molecule has 1 aromatic heterocycles. The number of carbonyl (C=O) groups is 2. The van der Waals surface area contributed by atoms with Crippen molar-refractivity contribution in [2.45, 2.75) is 20.3 Å². The van der Waals surface area contributed by atoms with Gasteiger partial charge in [-0.1, -0.05) is 30.3 Å². The van der Waals surface area contributed by atoms with Crippen LogP contribution in [0.15, 0.2) is 34.7 Å². The standard InChI is InChI=1S/C16H18N2O4/c1-11-15(22-12(2)17-11)16(21)18(10-14(19)20)9-8-13-6-4-3-5-7-13/h3-7H,8-10H2,1-2H3,(H,19,20). The number of aryl methyl sites for hydroxylation is 2. The molecule has 0 spiro atoms. The number of aromatic nitrogens is 1. The van der Waals surface area contributed by atoms with E-state index in [0.29, 0.717) is 24.6 Å². The molecule has 116 valence electrons. The highest BCUT2D eigenvalue weighted by Crippen LogP contribution is 2.13. The fourth-order valence-electron chi connectivity index (χ4n) is 2.20. The van der Waals surface area contributed by atoms with Crippen LogP contribution in [0.5, 0.6) is 0 Å². The van der Waals surface area contributed by atoms with E-state index in [1.165, 1.54) is 4.90 Å². The lowest BCUT2D eigenvalue weighted by atomic mass is 10.1. The maximum absolute atomic E-state index is 12.5. The van der Waals surface area contributed by atoms with Crippen LogP contribution in [0.4, 0.5) is 0 Å². The van der Waals surface area contributed by atoms with Gasteiger partial charge in [0.15, 0.2) is 5.89 Å². The molecule has 0 saturated heterocycles. The largest absolute Gasteiger partial charge is 0.480 e. The summed E-state index contributed by atoms with van der Waals surface area (Å²) in [7, 11) is 0. The van der Waals surface area contributed by atoms with Gasteiger partial charge in [0.25, 0.3) is 5.91 Å². The average molecular weight is 302 g/mol. The first-order chi connectivity index (χ1) is 10.5. The summed E-state index contributed by atoms with van der Waals surface area (Å²) in [6.07, 6.45) is 0.575. The highest BCUT2D eigenvalue weighted by atomic mass is 16.4. The van der Waals surface area contributed by atoms with Gasteiger partial charge in [0, 0.05) is 13.5 Å². The quantitative estimate of drug-likeness (QED) is 0.883. The number of oxazole rings is 1. The van der Waals surface area contributed by atoms with Crippen LogP contribution in [-0.4, -0.2) is 40.0 Å². The van der Waals surface area contributed by atoms with Crippen LogP contribution in [0.1, 0.15) is 27.7 Å². The summed E-state index contributed by atoms with van der Waals surface area (Å²) >= 11 is 0. The number of aliphatic carboxylic acids is 1. The van der Waals surface area contributed by atoms with Crippen molar-refractivity contribution in [1.29, 1.82) is 0 Å². The minimum absolute atomic E-state index is 0.104. The van der Waals surface area contributed by atoms with Gasteiger partial charge in [0.05, 0.1) is 5.69 Å². The van der Waals surface area contributed by atoms with Gasteiger partial charge < -0.3 is 14.4 Å². The summed E-state index contributed by atoms with van der Waals surface area (Å²) in [4.78, 5) is 28.8. The van der Waals surface area contributed by atoms with Gasteiger partial charge in [-0.25, -0.2) is 4.98 Å². The Morgan fingerprint density at radius 1 is 1.23 bits per heavy atom. The lowest BCUT2D eigenvalue weighted by Gasteiger charge is -2.19. The van der Waals surface area contributed by atoms with Gasteiger partial charge in [-0.15, -0.1) is 0 Å². The van der Waals surface area contributed by atoms with E-state index in [-0.39, 0.29) is 12.3 Å². The number of nitrogens with zero attached hydrogens (tertiary/aromatic N) is 2. The first kappa shape index (κ1) is 15.8. The Morgan fingerprint density at radius 3 is 2.45 bits per heavy atom. The zero-order valence-corrected chi connectivity index (χ0v) is 12.6. The molecule has 1 amide bonds. The molecule has 2 aromatic rings. The number of carboxylic acid groups (broad SMARTS) is 1. The molecule has 0 aliphatic carbocycles. The molecule has 0 unspecified atom stereocenters. The summed E-state index contributed by atoms with van der Waals surface area (Å²) in [5.74, 6) is -1.02. The summed E-state index contributed by atoms with van der Waals surface area (Å²) in [6.45, 7) is 3.24. The molecule has 0 atom stereocenters. The Balaban J connectivity index is 2.13. The number of carbonyl (C=O) groups excluding carboxylic acids is 1. The Bertz CT molecular complexity index is 664. The van der Waals surface area contributed by atoms with E-state index >= 15 is 0 Å².